The Kier molecular flexibility index (Phi) is 6.28. The highest BCUT2D eigenvalue weighted by Gasteiger charge is 2.18. The molecule has 1 heterocycles. The topological polar surface area (TPSA) is 82.7 Å². The molecule has 7 nitrogen and oxygen atoms in total. The van der Waals surface area contributed by atoms with Crippen LogP contribution >= 0.6 is 15.9 Å². The molecule has 0 aliphatic carbocycles. The van der Waals surface area contributed by atoms with Crippen LogP contribution in [0.3, 0.4) is 0 Å². The number of ether oxygens (including phenoxy) is 1. The molecule has 0 bridgehead atoms. The van der Waals surface area contributed by atoms with Crippen LogP contribution in [0.1, 0.15) is 45.3 Å². The summed E-state index contributed by atoms with van der Waals surface area (Å²) >= 11 is 3.21. The molecule has 0 radical (unpaired) electrons. The van der Waals surface area contributed by atoms with Crippen molar-refractivity contribution >= 4 is 27.6 Å². The molecule has 1 unspecified atom stereocenters. The molecule has 1 aromatic heterocycles. The van der Waals surface area contributed by atoms with E-state index in [0.29, 0.717) is 17.8 Å². The number of rotatable bonds is 5. The molecular weight excluding hydrogens is 354 g/mol. The summed E-state index contributed by atoms with van der Waals surface area (Å²) in [6.07, 6.45) is 0.609. The fraction of sp³-hybridized carbons (Fsp3) is 0.571. The van der Waals surface area contributed by atoms with Crippen LogP contribution in [0.25, 0.3) is 0 Å². The van der Waals surface area contributed by atoms with Crippen molar-refractivity contribution in [1.29, 1.82) is 0 Å². The van der Waals surface area contributed by atoms with Crippen LogP contribution in [0, 0.1) is 6.92 Å². The molecular formula is C14H20BrN3O4. The molecule has 1 rings (SSSR count). The van der Waals surface area contributed by atoms with Crippen LogP contribution in [0.15, 0.2) is 19.2 Å². The third-order valence-corrected chi connectivity index (χ3v) is 4.27. The van der Waals surface area contributed by atoms with E-state index in [2.05, 4.69) is 25.8 Å². The summed E-state index contributed by atoms with van der Waals surface area (Å²) in [5.74, 6) is -0.443. The first-order valence-corrected chi connectivity index (χ1v) is 7.68. The zero-order valence-electron chi connectivity index (χ0n) is 13.3. The Bertz CT molecular complexity index is 718. The lowest BCUT2D eigenvalue weighted by Gasteiger charge is -2.16. The molecule has 1 atom stereocenters. The Labute approximate surface area is 136 Å². The number of nitrogens with zero attached hydrogens (tertiary/aromatic N) is 3. The molecule has 0 spiro atoms. The largest absolute Gasteiger partial charge is 0.469 e. The molecule has 122 valence electrons. The molecule has 0 aliphatic rings. The van der Waals surface area contributed by atoms with Gasteiger partial charge < -0.3 is 4.74 Å². The first-order chi connectivity index (χ1) is 10.2. The highest BCUT2D eigenvalue weighted by Crippen LogP contribution is 2.12. The summed E-state index contributed by atoms with van der Waals surface area (Å²) < 4.78 is 7.14. The van der Waals surface area contributed by atoms with Gasteiger partial charge in [-0.3, -0.25) is 14.2 Å². The molecule has 0 amide bonds. The molecule has 0 saturated carbocycles. The summed E-state index contributed by atoms with van der Waals surface area (Å²) in [5, 5.41) is 4.16. The van der Waals surface area contributed by atoms with Crippen LogP contribution in [0.2, 0.25) is 0 Å². The highest BCUT2D eigenvalue weighted by molar-refractivity contribution is 9.10. The third kappa shape index (κ3) is 3.73. The van der Waals surface area contributed by atoms with Gasteiger partial charge in [-0.2, -0.15) is 9.78 Å². The maximum atomic E-state index is 12.5. The zero-order valence-corrected chi connectivity index (χ0v) is 14.9. The van der Waals surface area contributed by atoms with E-state index < -0.39 is 11.7 Å². The molecule has 0 saturated heterocycles. The predicted molar refractivity (Wildman–Crippen MR) is 87.5 cm³/mol. The lowest BCUT2D eigenvalue weighted by molar-refractivity contribution is -0.139. The van der Waals surface area contributed by atoms with E-state index in [4.69, 9.17) is 0 Å². The Hall–Kier alpha value is -1.70. The van der Waals surface area contributed by atoms with Crippen molar-refractivity contribution in [2.45, 2.75) is 46.6 Å². The van der Waals surface area contributed by atoms with Crippen molar-refractivity contribution in [2.24, 2.45) is 5.10 Å². The lowest BCUT2D eigenvalue weighted by Crippen LogP contribution is -2.42. The van der Waals surface area contributed by atoms with Gasteiger partial charge >= 0.3 is 11.7 Å². The number of hydrogen-bond acceptors (Lipinski definition) is 5. The van der Waals surface area contributed by atoms with E-state index >= 15 is 0 Å². The monoisotopic (exact) mass is 373 g/mol. The fourth-order valence-corrected chi connectivity index (χ4v) is 2.22. The van der Waals surface area contributed by atoms with Crippen LogP contribution in [0.5, 0.6) is 0 Å². The summed E-state index contributed by atoms with van der Waals surface area (Å²) in [6.45, 7) is 6.92. The van der Waals surface area contributed by atoms with Crippen molar-refractivity contribution < 1.29 is 9.53 Å². The van der Waals surface area contributed by atoms with E-state index in [1.54, 1.807) is 20.8 Å². The molecule has 0 fully saturated rings. The van der Waals surface area contributed by atoms with Crippen molar-refractivity contribution in [3.63, 3.8) is 0 Å². The van der Waals surface area contributed by atoms with Gasteiger partial charge in [-0.05, 0) is 43.1 Å². The Morgan fingerprint density at radius 1 is 1.41 bits per heavy atom. The SMILES string of the molecule is CCC(C)n1c(=O)c(Br)c(C)n(N=C(C)CC(=O)OC)c1=O. The van der Waals surface area contributed by atoms with Gasteiger partial charge in [-0.25, -0.2) is 4.79 Å². The minimum absolute atomic E-state index is 0.0253. The molecule has 22 heavy (non-hydrogen) atoms. The number of halogens is 1. The second-order valence-electron chi connectivity index (χ2n) is 5.01. The van der Waals surface area contributed by atoms with E-state index in [9.17, 15) is 14.4 Å². The smallest absolute Gasteiger partial charge is 0.352 e. The van der Waals surface area contributed by atoms with E-state index in [1.807, 2.05) is 6.92 Å². The van der Waals surface area contributed by atoms with Gasteiger partial charge in [-0.1, -0.05) is 6.92 Å². The maximum absolute atomic E-state index is 12.5. The first-order valence-electron chi connectivity index (χ1n) is 6.89. The van der Waals surface area contributed by atoms with E-state index in [-0.39, 0.29) is 22.5 Å². The number of carbonyl (C=O) groups is 1. The maximum Gasteiger partial charge on any atom is 0.352 e. The van der Waals surface area contributed by atoms with Crippen LogP contribution in [-0.2, 0) is 9.53 Å². The zero-order chi connectivity index (χ0) is 17.0. The standard InChI is InChI=1S/C14H20BrN3O4/c1-6-9(3)17-13(20)12(15)10(4)18(14(17)21)16-8(2)7-11(19)22-5/h9H,6-7H2,1-5H3. The van der Waals surface area contributed by atoms with E-state index in [0.717, 1.165) is 9.24 Å². The molecule has 0 aliphatic heterocycles. The Morgan fingerprint density at radius 3 is 2.50 bits per heavy atom. The van der Waals surface area contributed by atoms with Crippen molar-refractivity contribution in [3.05, 3.63) is 31.0 Å². The first kappa shape index (κ1) is 18.3. The Morgan fingerprint density at radius 2 is 2.00 bits per heavy atom. The molecule has 1 aromatic rings. The summed E-state index contributed by atoms with van der Waals surface area (Å²) in [4.78, 5) is 36.1. The number of hydrogen-bond donors (Lipinski definition) is 0. The summed E-state index contributed by atoms with van der Waals surface area (Å²) in [5.41, 5.74) is -0.102. The van der Waals surface area contributed by atoms with Crippen LogP contribution in [0.4, 0.5) is 0 Å². The van der Waals surface area contributed by atoms with Crippen LogP contribution < -0.4 is 11.2 Å². The van der Waals surface area contributed by atoms with Crippen molar-refractivity contribution in [1.82, 2.24) is 9.24 Å². The third-order valence-electron chi connectivity index (χ3n) is 3.36. The van der Waals surface area contributed by atoms with Crippen molar-refractivity contribution in [2.75, 3.05) is 7.11 Å². The number of aromatic nitrogens is 2. The molecule has 8 heteroatoms. The van der Waals surface area contributed by atoms with Gasteiger partial charge in [0.15, 0.2) is 0 Å². The van der Waals surface area contributed by atoms with Gasteiger partial charge in [0.25, 0.3) is 5.56 Å². The summed E-state index contributed by atoms with van der Waals surface area (Å²) in [6, 6.07) is -0.251. The quantitative estimate of drug-likeness (QED) is 0.582. The normalized spacial score (nSPS) is 13.1. The lowest BCUT2D eigenvalue weighted by atomic mass is 10.2. The van der Waals surface area contributed by atoms with E-state index in [1.165, 1.54) is 7.11 Å². The predicted octanol–water partition coefficient (Wildman–Crippen LogP) is 1.84. The second kappa shape index (κ2) is 7.53. The molecule has 0 N–H and O–H groups in total. The summed E-state index contributed by atoms with van der Waals surface area (Å²) in [7, 11) is 1.28. The van der Waals surface area contributed by atoms with Gasteiger partial charge in [0, 0.05) is 11.8 Å². The van der Waals surface area contributed by atoms with Crippen LogP contribution in [-0.4, -0.2) is 28.0 Å². The Balaban J connectivity index is 3.53. The van der Waals surface area contributed by atoms with Gasteiger partial charge in [0.05, 0.1) is 19.2 Å². The average Bonchev–Trinajstić information content (AvgIpc) is 2.49. The fourth-order valence-electron chi connectivity index (χ4n) is 1.86. The minimum Gasteiger partial charge on any atom is -0.469 e. The van der Waals surface area contributed by atoms with Gasteiger partial charge in [0.2, 0.25) is 0 Å². The van der Waals surface area contributed by atoms with Gasteiger partial charge in [0.1, 0.15) is 4.47 Å². The second-order valence-corrected chi connectivity index (χ2v) is 5.81. The van der Waals surface area contributed by atoms with Gasteiger partial charge in [-0.15, -0.1) is 0 Å². The highest BCUT2D eigenvalue weighted by atomic mass is 79.9. The number of carbonyl (C=O) groups excluding carboxylic acids is 1. The number of methoxy groups -OCH3 is 1. The molecule has 0 aromatic carbocycles. The average molecular weight is 374 g/mol. The minimum atomic E-state index is -0.524. The number of esters is 1. The van der Waals surface area contributed by atoms with Crippen molar-refractivity contribution in [3.8, 4) is 0 Å².